The lowest BCUT2D eigenvalue weighted by Crippen LogP contribution is -2.30. The first-order valence-corrected chi connectivity index (χ1v) is 5.31. The standard InChI is InChI=1S/C12H18N2O3/c1-12(2,6-13)7-17-10-4-3-8(11(15)16)5-9(10)14/h3-5H,6-7,13-14H2,1-2H3,(H,15,16). The fourth-order valence-electron chi connectivity index (χ4n) is 1.14. The Morgan fingerprint density at radius 3 is 2.59 bits per heavy atom. The van der Waals surface area contributed by atoms with Crippen molar-refractivity contribution < 1.29 is 14.6 Å². The summed E-state index contributed by atoms with van der Waals surface area (Å²) in [4.78, 5) is 10.7. The van der Waals surface area contributed by atoms with E-state index in [9.17, 15) is 4.79 Å². The summed E-state index contributed by atoms with van der Waals surface area (Å²) >= 11 is 0. The molecule has 5 nitrogen and oxygen atoms in total. The van der Waals surface area contributed by atoms with Gasteiger partial charge in [0.1, 0.15) is 5.75 Å². The molecule has 94 valence electrons. The Balaban J connectivity index is 2.77. The average molecular weight is 238 g/mol. The van der Waals surface area contributed by atoms with E-state index < -0.39 is 5.97 Å². The van der Waals surface area contributed by atoms with Crippen molar-refractivity contribution in [2.24, 2.45) is 11.1 Å². The molecule has 0 saturated carbocycles. The topological polar surface area (TPSA) is 98.6 Å². The number of nitrogen functional groups attached to an aromatic ring is 1. The Kier molecular flexibility index (Phi) is 3.96. The van der Waals surface area contributed by atoms with Crippen molar-refractivity contribution in [3.8, 4) is 5.75 Å². The average Bonchev–Trinajstić information content (AvgIpc) is 2.27. The van der Waals surface area contributed by atoms with E-state index in [0.717, 1.165) is 0 Å². The predicted octanol–water partition coefficient (Wildman–Crippen LogP) is 1.33. The third-order valence-corrected chi connectivity index (χ3v) is 2.43. The lowest BCUT2D eigenvalue weighted by molar-refractivity contribution is 0.0697. The molecule has 0 aliphatic heterocycles. The van der Waals surface area contributed by atoms with E-state index in [1.165, 1.54) is 12.1 Å². The Labute approximate surface area is 100 Å². The van der Waals surface area contributed by atoms with Crippen LogP contribution in [0.1, 0.15) is 24.2 Å². The van der Waals surface area contributed by atoms with Crippen LogP contribution < -0.4 is 16.2 Å². The fourth-order valence-corrected chi connectivity index (χ4v) is 1.14. The van der Waals surface area contributed by atoms with Crippen LogP contribution in [0.15, 0.2) is 18.2 Å². The van der Waals surface area contributed by atoms with E-state index in [0.29, 0.717) is 24.6 Å². The summed E-state index contributed by atoms with van der Waals surface area (Å²) in [5.74, 6) is -0.526. The van der Waals surface area contributed by atoms with Crippen molar-refractivity contribution in [3.63, 3.8) is 0 Å². The Hall–Kier alpha value is -1.75. The van der Waals surface area contributed by atoms with Crippen LogP contribution in [0.5, 0.6) is 5.75 Å². The number of benzene rings is 1. The zero-order valence-corrected chi connectivity index (χ0v) is 10.1. The molecule has 17 heavy (non-hydrogen) atoms. The van der Waals surface area contributed by atoms with Crippen LogP contribution in [-0.2, 0) is 0 Å². The van der Waals surface area contributed by atoms with E-state index in [2.05, 4.69) is 0 Å². The first-order valence-electron chi connectivity index (χ1n) is 5.31. The number of nitrogens with two attached hydrogens (primary N) is 2. The lowest BCUT2D eigenvalue weighted by Gasteiger charge is -2.23. The SMILES string of the molecule is CC(C)(CN)COc1ccc(C(=O)O)cc1N. The van der Waals surface area contributed by atoms with Gasteiger partial charge < -0.3 is 21.3 Å². The van der Waals surface area contributed by atoms with Gasteiger partial charge in [-0.15, -0.1) is 0 Å². The number of ether oxygens (including phenoxy) is 1. The summed E-state index contributed by atoms with van der Waals surface area (Å²) in [5.41, 5.74) is 11.6. The summed E-state index contributed by atoms with van der Waals surface area (Å²) in [6.45, 7) is 4.89. The first kappa shape index (κ1) is 13.3. The molecule has 0 saturated heterocycles. The molecule has 0 bridgehead atoms. The number of carbonyl (C=O) groups is 1. The van der Waals surface area contributed by atoms with Gasteiger partial charge >= 0.3 is 5.97 Å². The lowest BCUT2D eigenvalue weighted by atomic mass is 9.95. The third-order valence-electron chi connectivity index (χ3n) is 2.43. The maximum absolute atomic E-state index is 10.7. The first-order chi connectivity index (χ1) is 7.85. The highest BCUT2D eigenvalue weighted by Gasteiger charge is 2.17. The fraction of sp³-hybridized carbons (Fsp3) is 0.417. The van der Waals surface area contributed by atoms with Crippen LogP contribution in [0.4, 0.5) is 5.69 Å². The van der Waals surface area contributed by atoms with Gasteiger partial charge in [-0.3, -0.25) is 0 Å². The van der Waals surface area contributed by atoms with Crippen LogP contribution >= 0.6 is 0 Å². The molecule has 0 aliphatic carbocycles. The summed E-state index contributed by atoms with van der Waals surface area (Å²) in [7, 11) is 0. The van der Waals surface area contributed by atoms with Crippen molar-refractivity contribution in [1.82, 2.24) is 0 Å². The molecule has 0 unspecified atom stereocenters. The van der Waals surface area contributed by atoms with Gasteiger partial charge in [-0.1, -0.05) is 13.8 Å². The van der Waals surface area contributed by atoms with Crippen LogP contribution in [-0.4, -0.2) is 24.2 Å². The molecule has 0 aliphatic rings. The molecule has 0 spiro atoms. The Morgan fingerprint density at radius 1 is 1.47 bits per heavy atom. The van der Waals surface area contributed by atoms with Gasteiger partial charge in [-0.05, 0) is 18.2 Å². The highest BCUT2D eigenvalue weighted by molar-refractivity contribution is 5.89. The van der Waals surface area contributed by atoms with Gasteiger partial charge in [0, 0.05) is 12.0 Å². The second kappa shape index (κ2) is 5.05. The second-order valence-electron chi connectivity index (χ2n) is 4.71. The summed E-state index contributed by atoms with van der Waals surface area (Å²) in [5, 5.41) is 8.78. The maximum atomic E-state index is 10.7. The molecule has 5 N–H and O–H groups in total. The molecular weight excluding hydrogens is 220 g/mol. The van der Waals surface area contributed by atoms with Gasteiger partial charge in [-0.2, -0.15) is 0 Å². The predicted molar refractivity (Wildman–Crippen MR) is 66.1 cm³/mol. The van der Waals surface area contributed by atoms with Gasteiger partial charge in [0.25, 0.3) is 0 Å². The van der Waals surface area contributed by atoms with Crippen molar-refractivity contribution in [2.45, 2.75) is 13.8 Å². The summed E-state index contributed by atoms with van der Waals surface area (Å²) in [6, 6.07) is 4.40. The number of carboxylic acids is 1. The van der Waals surface area contributed by atoms with E-state index in [-0.39, 0.29) is 11.0 Å². The maximum Gasteiger partial charge on any atom is 0.335 e. The van der Waals surface area contributed by atoms with Gasteiger partial charge in [0.05, 0.1) is 17.9 Å². The zero-order chi connectivity index (χ0) is 13.1. The van der Waals surface area contributed by atoms with Gasteiger partial charge in [0.2, 0.25) is 0 Å². The van der Waals surface area contributed by atoms with Crippen molar-refractivity contribution in [1.29, 1.82) is 0 Å². The molecule has 1 rings (SSSR count). The molecule has 0 atom stereocenters. The van der Waals surface area contributed by atoms with Crippen LogP contribution in [0.3, 0.4) is 0 Å². The van der Waals surface area contributed by atoms with E-state index in [1.54, 1.807) is 6.07 Å². The summed E-state index contributed by atoms with van der Waals surface area (Å²) in [6.07, 6.45) is 0. The van der Waals surface area contributed by atoms with Crippen LogP contribution in [0, 0.1) is 5.41 Å². The minimum Gasteiger partial charge on any atom is -0.491 e. The molecule has 0 fully saturated rings. The van der Waals surface area contributed by atoms with Crippen LogP contribution in [0.2, 0.25) is 0 Å². The van der Waals surface area contributed by atoms with Crippen molar-refractivity contribution in [3.05, 3.63) is 23.8 Å². The van der Waals surface area contributed by atoms with Gasteiger partial charge in [0.15, 0.2) is 0 Å². The van der Waals surface area contributed by atoms with Gasteiger partial charge in [-0.25, -0.2) is 4.79 Å². The van der Waals surface area contributed by atoms with E-state index in [1.807, 2.05) is 13.8 Å². The molecule has 5 heteroatoms. The Bertz CT molecular complexity index is 416. The highest BCUT2D eigenvalue weighted by Crippen LogP contribution is 2.24. The number of hydrogen-bond donors (Lipinski definition) is 3. The second-order valence-corrected chi connectivity index (χ2v) is 4.71. The summed E-state index contributed by atoms with van der Waals surface area (Å²) < 4.78 is 5.53. The molecule has 0 aromatic heterocycles. The number of rotatable bonds is 5. The van der Waals surface area contributed by atoms with Crippen molar-refractivity contribution in [2.75, 3.05) is 18.9 Å². The monoisotopic (exact) mass is 238 g/mol. The quantitative estimate of drug-likeness (QED) is 0.672. The molecule has 1 aromatic rings. The van der Waals surface area contributed by atoms with Crippen molar-refractivity contribution >= 4 is 11.7 Å². The molecule has 1 aromatic carbocycles. The molecule has 0 amide bonds. The minimum atomic E-state index is -1.01. The molecule has 0 radical (unpaired) electrons. The highest BCUT2D eigenvalue weighted by atomic mass is 16.5. The number of aromatic carboxylic acids is 1. The molecular formula is C12H18N2O3. The van der Waals surface area contributed by atoms with E-state index in [4.69, 9.17) is 21.3 Å². The third kappa shape index (κ3) is 3.64. The Morgan fingerprint density at radius 2 is 2.12 bits per heavy atom. The minimum absolute atomic E-state index is 0.141. The smallest absolute Gasteiger partial charge is 0.335 e. The van der Waals surface area contributed by atoms with E-state index >= 15 is 0 Å². The largest absolute Gasteiger partial charge is 0.491 e. The number of carboxylic acid groups (broad SMARTS) is 1. The normalized spacial score (nSPS) is 11.2. The van der Waals surface area contributed by atoms with Crippen LogP contribution in [0.25, 0.3) is 0 Å². The molecule has 0 heterocycles. The zero-order valence-electron chi connectivity index (χ0n) is 10.1. The number of hydrogen-bond acceptors (Lipinski definition) is 4. The number of anilines is 1.